The van der Waals surface area contributed by atoms with Gasteiger partial charge in [-0.3, -0.25) is 4.99 Å². The monoisotopic (exact) mass is 283 g/mol. The number of hydrogen-bond acceptors (Lipinski definition) is 2. The van der Waals surface area contributed by atoms with Gasteiger partial charge in [0.05, 0.1) is 0 Å². The Balaban J connectivity index is 2.38. The standard InChI is InChI=1S/C14H22FN3S/c1-11-5-6-12(9-13(11)15)10-18-14(16-2)17-7-4-8-19-3/h5-6,9H,4,7-8,10H2,1-3H3,(H2,16,17,18). The van der Waals surface area contributed by atoms with Gasteiger partial charge in [-0.05, 0) is 42.5 Å². The van der Waals surface area contributed by atoms with Crippen LogP contribution in [0, 0.1) is 12.7 Å². The van der Waals surface area contributed by atoms with E-state index in [0.29, 0.717) is 12.1 Å². The van der Waals surface area contributed by atoms with Crippen LogP contribution in [0.1, 0.15) is 17.5 Å². The van der Waals surface area contributed by atoms with Gasteiger partial charge in [0.2, 0.25) is 0 Å². The molecule has 0 heterocycles. The number of aryl methyl sites for hydroxylation is 1. The van der Waals surface area contributed by atoms with Crippen molar-refractivity contribution in [3.05, 3.63) is 35.1 Å². The van der Waals surface area contributed by atoms with Crippen molar-refractivity contribution in [3.63, 3.8) is 0 Å². The van der Waals surface area contributed by atoms with Crippen molar-refractivity contribution in [1.29, 1.82) is 0 Å². The summed E-state index contributed by atoms with van der Waals surface area (Å²) in [7, 11) is 1.74. The first-order valence-electron chi connectivity index (χ1n) is 6.36. The van der Waals surface area contributed by atoms with Crippen LogP contribution in [-0.4, -0.2) is 31.6 Å². The number of hydrogen-bond donors (Lipinski definition) is 2. The lowest BCUT2D eigenvalue weighted by atomic mass is 10.1. The summed E-state index contributed by atoms with van der Waals surface area (Å²) in [6.45, 7) is 3.22. The molecule has 1 rings (SSSR count). The Hall–Kier alpha value is -1.23. The SMILES string of the molecule is CN=C(NCCCSC)NCc1ccc(C)c(F)c1. The summed E-state index contributed by atoms with van der Waals surface area (Å²) in [5.74, 6) is 1.72. The van der Waals surface area contributed by atoms with Crippen molar-refractivity contribution < 1.29 is 4.39 Å². The average Bonchev–Trinajstić information content (AvgIpc) is 2.42. The van der Waals surface area contributed by atoms with Crippen molar-refractivity contribution in [2.75, 3.05) is 25.6 Å². The lowest BCUT2D eigenvalue weighted by Crippen LogP contribution is -2.37. The fourth-order valence-corrected chi connectivity index (χ4v) is 2.01. The fraction of sp³-hybridized carbons (Fsp3) is 0.500. The van der Waals surface area contributed by atoms with E-state index in [1.165, 1.54) is 0 Å². The highest BCUT2D eigenvalue weighted by Crippen LogP contribution is 2.08. The Kier molecular flexibility index (Phi) is 7.33. The van der Waals surface area contributed by atoms with Crippen molar-refractivity contribution in [2.45, 2.75) is 19.9 Å². The first-order chi connectivity index (χ1) is 9.17. The molecule has 0 fully saturated rings. The van der Waals surface area contributed by atoms with Crippen molar-refractivity contribution in [1.82, 2.24) is 10.6 Å². The maximum atomic E-state index is 13.4. The first-order valence-corrected chi connectivity index (χ1v) is 7.75. The molecule has 0 bridgehead atoms. The van der Waals surface area contributed by atoms with E-state index in [4.69, 9.17) is 0 Å². The Labute approximate surface area is 119 Å². The van der Waals surface area contributed by atoms with Crippen LogP contribution in [-0.2, 0) is 6.54 Å². The number of nitrogens with one attached hydrogen (secondary N) is 2. The van der Waals surface area contributed by atoms with E-state index in [0.717, 1.165) is 30.2 Å². The molecular weight excluding hydrogens is 261 g/mol. The average molecular weight is 283 g/mol. The number of guanidine groups is 1. The number of rotatable bonds is 6. The molecule has 1 aromatic carbocycles. The molecule has 0 amide bonds. The molecule has 3 nitrogen and oxygen atoms in total. The largest absolute Gasteiger partial charge is 0.356 e. The molecule has 106 valence electrons. The van der Waals surface area contributed by atoms with Crippen LogP contribution >= 0.6 is 11.8 Å². The third-order valence-corrected chi connectivity index (χ3v) is 3.43. The quantitative estimate of drug-likeness (QED) is 0.478. The van der Waals surface area contributed by atoms with E-state index in [9.17, 15) is 4.39 Å². The second-order valence-corrected chi connectivity index (χ2v) is 5.27. The van der Waals surface area contributed by atoms with E-state index in [1.807, 2.05) is 17.8 Å². The van der Waals surface area contributed by atoms with Gasteiger partial charge in [-0.25, -0.2) is 4.39 Å². The van der Waals surface area contributed by atoms with Crippen molar-refractivity contribution in [2.24, 2.45) is 4.99 Å². The van der Waals surface area contributed by atoms with Crippen LogP contribution in [0.3, 0.4) is 0 Å². The van der Waals surface area contributed by atoms with Gasteiger partial charge in [0.25, 0.3) is 0 Å². The van der Waals surface area contributed by atoms with Crippen molar-refractivity contribution >= 4 is 17.7 Å². The Morgan fingerprint density at radius 2 is 2.16 bits per heavy atom. The smallest absolute Gasteiger partial charge is 0.191 e. The zero-order chi connectivity index (χ0) is 14.1. The van der Waals surface area contributed by atoms with Gasteiger partial charge >= 0.3 is 0 Å². The van der Waals surface area contributed by atoms with Crippen LogP contribution < -0.4 is 10.6 Å². The minimum atomic E-state index is -0.165. The maximum Gasteiger partial charge on any atom is 0.191 e. The van der Waals surface area contributed by atoms with Gasteiger partial charge in [0.1, 0.15) is 5.82 Å². The summed E-state index contributed by atoms with van der Waals surface area (Å²) in [6, 6.07) is 5.27. The molecular formula is C14H22FN3S. The van der Waals surface area contributed by atoms with Gasteiger partial charge in [-0.2, -0.15) is 11.8 Å². The van der Waals surface area contributed by atoms with Crippen LogP contribution in [0.15, 0.2) is 23.2 Å². The third-order valence-electron chi connectivity index (χ3n) is 2.74. The lowest BCUT2D eigenvalue weighted by molar-refractivity contribution is 0.615. The summed E-state index contributed by atoms with van der Waals surface area (Å²) in [5.41, 5.74) is 1.58. The van der Waals surface area contributed by atoms with Crippen LogP contribution in [0.25, 0.3) is 0 Å². The molecule has 0 aliphatic rings. The van der Waals surface area contributed by atoms with E-state index < -0.39 is 0 Å². The molecule has 0 aliphatic heterocycles. The predicted octanol–water partition coefficient (Wildman–Crippen LogP) is 2.55. The third kappa shape index (κ3) is 5.96. The van der Waals surface area contributed by atoms with Crippen LogP contribution in [0.2, 0.25) is 0 Å². The summed E-state index contributed by atoms with van der Waals surface area (Å²) >= 11 is 1.83. The molecule has 0 atom stereocenters. The maximum absolute atomic E-state index is 13.4. The molecule has 0 saturated heterocycles. The van der Waals surface area contributed by atoms with Crippen molar-refractivity contribution in [3.8, 4) is 0 Å². The Morgan fingerprint density at radius 3 is 2.79 bits per heavy atom. The minimum absolute atomic E-state index is 0.165. The summed E-state index contributed by atoms with van der Waals surface area (Å²) in [4.78, 5) is 4.13. The lowest BCUT2D eigenvalue weighted by Gasteiger charge is -2.12. The number of nitrogens with zero attached hydrogens (tertiary/aromatic N) is 1. The van der Waals surface area contributed by atoms with Gasteiger partial charge in [0, 0.05) is 20.1 Å². The van der Waals surface area contributed by atoms with Crippen LogP contribution in [0.4, 0.5) is 4.39 Å². The molecule has 2 N–H and O–H groups in total. The van der Waals surface area contributed by atoms with Crippen LogP contribution in [0.5, 0.6) is 0 Å². The first kappa shape index (κ1) is 15.8. The zero-order valence-corrected chi connectivity index (χ0v) is 12.6. The molecule has 19 heavy (non-hydrogen) atoms. The molecule has 0 aromatic heterocycles. The topological polar surface area (TPSA) is 36.4 Å². The Morgan fingerprint density at radius 1 is 1.37 bits per heavy atom. The summed E-state index contributed by atoms with van der Waals surface area (Å²) in [6.07, 6.45) is 3.19. The van der Waals surface area contributed by atoms with Gasteiger partial charge in [-0.1, -0.05) is 12.1 Å². The van der Waals surface area contributed by atoms with Gasteiger partial charge in [-0.15, -0.1) is 0 Å². The minimum Gasteiger partial charge on any atom is -0.356 e. The number of halogens is 1. The summed E-state index contributed by atoms with van der Waals surface area (Å²) < 4.78 is 13.4. The second kappa shape index (κ2) is 8.80. The van der Waals surface area contributed by atoms with E-state index in [2.05, 4.69) is 21.9 Å². The summed E-state index contributed by atoms with van der Waals surface area (Å²) in [5, 5.41) is 6.41. The number of thioether (sulfide) groups is 1. The fourth-order valence-electron chi connectivity index (χ4n) is 1.58. The Bertz CT molecular complexity index is 421. The molecule has 0 radical (unpaired) electrons. The van der Waals surface area contributed by atoms with E-state index in [1.54, 1.807) is 26.1 Å². The molecule has 5 heteroatoms. The highest BCUT2D eigenvalue weighted by Gasteiger charge is 2.01. The van der Waals surface area contributed by atoms with E-state index in [-0.39, 0.29) is 5.82 Å². The normalized spacial score (nSPS) is 11.5. The number of benzene rings is 1. The molecule has 0 aliphatic carbocycles. The highest BCUT2D eigenvalue weighted by atomic mass is 32.2. The molecule has 1 aromatic rings. The molecule has 0 spiro atoms. The zero-order valence-electron chi connectivity index (χ0n) is 11.8. The molecule has 0 saturated carbocycles. The van der Waals surface area contributed by atoms with Gasteiger partial charge < -0.3 is 10.6 Å². The number of aliphatic imine (C=N–C) groups is 1. The van der Waals surface area contributed by atoms with Gasteiger partial charge in [0.15, 0.2) is 5.96 Å². The highest BCUT2D eigenvalue weighted by molar-refractivity contribution is 7.98. The second-order valence-electron chi connectivity index (χ2n) is 4.28. The molecule has 0 unspecified atom stereocenters. The predicted molar refractivity (Wildman–Crippen MR) is 82.3 cm³/mol. The van der Waals surface area contributed by atoms with E-state index >= 15 is 0 Å².